The predicted molar refractivity (Wildman–Crippen MR) is 122 cm³/mol. The molecule has 7 nitrogen and oxygen atoms in total. The van der Waals surface area contributed by atoms with E-state index >= 15 is 0 Å². The molecule has 0 saturated carbocycles. The summed E-state index contributed by atoms with van der Waals surface area (Å²) in [5.41, 5.74) is 2.13. The third kappa shape index (κ3) is 5.00. The first-order valence-corrected chi connectivity index (χ1v) is 11.6. The van der Waals surface area contributed by atoms with Crippen molar-refractivity contribution in [1.29, 1.82) is 0 Å². The molecular formula is C23H22ClFN2O5S. The quantitative estimate of drug-likeness (QED) is 0.365. The molecule has 0 spiro atoms. The van der Waals surface area contributed by atoms with Crippen molar-refractivity contribution in [2.45, 2.75) is 18.7 Å². The van der Waals surface area contributed by atoms with E-state index in [-0.39, 0.29) is 15.5 Å². The second-order valence-electron chi connectivity index (χ2n) is 7.53. The number of esters is 1. The van der Waals surface area contributed by atoms with Crippen molar-refractivity contribution in [3.8, 4) is 5.69 Å². The first-order valence-electron chi connectivity index (χ1n) is 9.80. The maximum Gasteiger partial charge on any atom is 0.338 e. The van der Waals surface area contributed by atoms with Gasteiger partial charge in [-0.05, 0) is 56.3 Å². The largest absolute Gasteiger partial charge is 0.454 e. The molecule has 0 fully saturated rings. The summed E-state index contributed by atoms with van der Waals surface area (Å²) in [6.07, 6.45) is 0. The minimum absolute atomic E-state index is 0.0406. The summed E-state index contributed by atoms with van der Waals surface area (Å²) in [7, 11) is -1.19. The smallest absolute Gasteiger partial charge is 0.338 e. The fourth-order valence-corrected chi connectivity index (χ4v) is 4.77. The summed E-state index contributed by atoms with van der Waals surface area (Å²) < 4.78 is 46.3. The minimum Gasteiger partial charge on any atom is -0.454 e. The average Bonchev–Trinajstić information content (AvgIpc) is 3.05. The van der Waals surface area contributed by atoms with E-state index in [2.05, 4.69) is 0 Å². The molecule has 3 rings (SSSR count). The van der Waals surface area contributed by atoms with Gasteiger partial charge in [0.2, 0.25) is 15.8 Å². The Morgan fingerprint density at radius 2 is 1.79 bits per heavy atom. The number of carbonyl (C=O) groups excluding carboxylic acids is 2. The van der Waals surface area contributed by atoms with Crippen LogP contribution in [0.4, 0.5) is 4.39 Å². The SMILES string of the molecule is Cc1cc(C(=O)COC(=O)c2ccc(Cl)c(S(=O)(=O)N(C)C)c2)c(C)n1-c1cccc(F)c1. The maximum atomic E-state index is 13.6. The lowest BCUT2D eigenvalue weighted by atomic mass is 10.1. The maximum absolute atomic E-state index is 13.6. The van der Waals surface area contributed by atoms with E-state index in [0.29, 0.717) is 22.6 Å². The van der Waals surface area contributed by atoms with Crippen LogP contribution in [0, 0.1) is 19.7 Å². The lowest BCUT2D eigenvalue weighted by molar-refractivity contribution is 0.0474. The molecule has 0 saturated heterocycles. The van der Waals surface area contributed by atoms with Crippen molar-refractivity contribution in [3.63, 3.8) is 0 Å². The first kappa shape index (κ1) is 24.6. The summed E-state index contributed by atoms with van der Waals surface area (Å²) in [4.78, 5) is 25.0. The van der Waals surface area contributed by atoms with E-state index in [9.17, 15) is 22.4 Å². The number of rotatable bonds is 7. The zero-order valence-electron chi connectivity index (χ0n) is 18.4. The van der Waals surface area contributed by atoms with Gasteiger partial charge >= 0.3 is 5.97 Å². The van der Waals surface area contributed by atoms with Crippen LogP contribution in [0.1, 0.15) is 32.1 Å². The Bertz CT molecular complexity index is 1350. The molecule has 1 aromatic heterocycles. The molecule has 0 bridgehead atoms. The number of aromatic nitrogens is 1. The highest BCUT2D eigenvalue weighted by Gasteiger charge is 2.24. The van der Waals surface area contributed by atoms with Gasteiger partial charge in [0.05, 0.1) is 10.6 Å². The van der Waals surface area contributed by atoms with Gasteiger partial charge in [-0.2, -0.15) is 0 Å². The Balaban J connectivity index is 1.80. The number of hydrogen-bond acceptors (Lipinski definition) is 5. The van der Waals surface area contributed by atoms with Crippen LogP contribution in [0.25, 0.3) is 5.69 Å². The summed E-state index contributed by atoms with van der Waals surface area (Å²) in [6.45, 7) is 2.94. The van der Waals surface area contributed by atoms with Gasteiger partial charge in [0.15, 0.2) is 6.61 Å². The van der Waals surface area contributed by atoms with E-state index < -0.39 is 34.2 Å². The second-order valence-corrected chi connectivity index (χ2v) is 10.1. The average molecular weight is 493 g/mol. The molecule has 0 amide bonds. The molecule has 2 aromatic carbocycles. The molecule has 0 aliphatic heterocycles. The van der Waals surface area contributed by atoms with Crippen LogP contribution in [-0.4, -0.2) is 49.7 Å². The van der Waals surface area contributed by atoms with Gasteiger partial charge in [0.25, 0.3) is 0 Å². The summed E-state index contributed by atoms with van der Waals surface area (Å²) in [5.74, 6) is -1.72. The number of halogens is 2. The molecule has 174 valence electrons. The lowest BCUT2D eigenvalue weighted by Gasteiger charge is -2.13. The summed E-state index contributed by atoms with van der Waals surface area (Å²) >= 11 is 5.99. The summed E-state index contributed by atoms with van der Waals surface area (Å²) in [6, 6.07) is 11.3. The third-order valence-electron chi connectivity index (χ3n) is 5.06. The van der Waals surface area contributed by atoms with Gasteiger partial charge < -0.3 is 9.30 Å². The molecule has 0 atom stereocenters. The lowest BCUT2D eigenvalue weighted by Crippen LogP contribution is -2.23. The number of sulfonamides is 1. The van der Waals surface area contributed by atoms with Gasteiger partial charge in [-0.3, -0.25) is 4.79 Å². The number of benzene rings is 2. The molecular weight excluding hydrogens is 471 g/mol. The Hall–Kier alpha value is -3.01. The summed E-state index contributed by atoms with van der Waals surface area (Å²) in [5, 5.41) is -0.0406. The van der Waals surface area contributed by atoms with Crippen molar-refractivity contribution in [3.05, 3.63) is 81.9 Å². The van der Waals surface area contributed by atoms with Crippen molar-refractivity contribution in [2.75, 3.05) is 20.7 Å². The normalized spacial score (nSPS) is 11.6. The Morgan fingerprint density at radius 3 is 2.42 bits per heavy atom. The number of hydrogen-bond donors (Lipinski definition) is 0. The Labute approximate surface area is 196 Å². The first-order chi connectivity index (χ1) is 15.4. The molecule has 0 radical (unpaired) electrons. The zero-order valence-corrected chi connectivity index (χ0v) is 20.0. The number of aryl methyl sites for hydroxylation is 1. The van der Waals surface area contributed by atoms with Crippen LogP contribution in [0.15, 0.2) is 53.4 Å². The van der Waals surface area contributed by atoms with E-state index in [0.717, 1.165) is 10.4 Å². The van der Waals surface area contributed by atoms with Crippen molar-refractivity contribution in [1.82, 2.24) is 8.87 Å². The van der Waals surface area contributed by atoms with Gasteiger partial charge in [0, 0.05) is 36.7 Å². The van der Waals surface area contributed by atoms with Crippen LogP contribution in [0.3, 0.4) is 0 Å². The Kier molecular flexibility index (Phi) is 7.06. The number of Topliss-reactive ketones (excluding diaryl/α,β-unsaturated/α-hetero) is 1. The topological polar surface area (TPSA) is 85.7 Å². The fourth-order valence-electron chi connectivity index (χ4n) is 3.37. The highest BCUT2D eigenvalue weighted by Crippen LogP contribution is 2.26. The molecule has 33 heavy (non-hydrogen) atoms. The van der Waals surface area contributed by atoms with Crippen molar-refractivity contribution < 1.29 is 27.1 Å². The number of carbonyl (C=O) groups is 2. The molecule has 0 N–H and O–H groups in total. The monoisotopic (exact) mass is 492 g/mol. The van der Waals surface area contributed by atoms with Crippen LogP contribution in [0.2, 0.25) is 5.02 Å². The highest BCUT2D eigenvalue weighted by atomic mass is 35.5. The van der Waals surface area contributed by atoms with Gasteiger partial charge in [-0.25, -0.2) is 21.9 Å². The van der Waals surface area contributed by atoms with E-state index in [1.54, 1.807) is 36.6 Å². The van der Waals surface area contributed by atoms with Crippen LogP contribution >= 0.6 is 11.6 Å². The van der Waals surface area contributed by atoms with Crippen LogP contribution in [-0.2, 0) is 14.8 Å². The fraction of sp³-hybridized carbons (Fsp3) is 0.217. The molecule has 1 heterocycles. The third-order valence-corrected chi connectivity index (χ3v) is 7.35. The van der Waals surface area contributed by atoms with Gasteiger partial charge in [-0.1, -0.05) is 17.7 Å². The molecule has 0 aliphatic rings. The van der Waals surface area contributed by atoms with Crippen LogP contribution in [0.5, 0.6) is 0 Å². The zero-order chi connectivity index (χ0) is 24.5. The van der Waals surface area contributed by atoms with E-state index in [1.807, 2.05) is 0 Å². The van der Waals surface area contributed by atoms with Gasteiger partial charge in [0.1, 0.15) is 10.7 Å². The van der Waals surface area contributed by atoms with Crippen molar-refractivity contribution >= 4 is 33.4 Å². The minimum atomic E-state index is -3.88. The molecule has 0 aliphatic carbocycles. The van der Waals surface area contributed by atoms with Crippen molar-refractivity contribution in [2.24, 2.45) is 0 Å². The molecule has 3 aromatic rings. The Morgan fingerprint density at radius 1 is 1.09 bits per heavy atom. The number of nitrogens with zero attached hydrogens (tertiary/aromatic N) is 2. The predicted octanol–water partition coefficient (Wildman–Crippen LogP) is 4.18. The molecule has 10 heteroatoms. The standard InChI is InChI=1S/C23H22ClFN2O5S/c1-14-10-19(15(2)27(14)18-7-5-6-17(25)12-18)21(28)13-32-23(29)16-8-9-20(24)22(11-16)33(30,31)26(3)4/h5-12H,13H2,1-4H3. The van der Waals surface area contributed by atoms with E-state index in [1.165, 1.54) is 38.4 Å². The highest BCUT2D eigenvalue weighted by molar-refractivity contribution is 7.89. The number of ketones is 1. The van der Waals surface area contributed by atoms with Crippen LogP contribution < -0.4 is 0 Å². The van der Waals surface area contributed by atoms with Gasteiger partial charge in [-0.15, -0.1) is 0 Å². The second kappa shape index (κ2) is 9.46. The number of ether oxygens (including phenoxy) is 1. The molecule has 0 unspecified atom stereocenters. The van der Waals surface area contributed by atoms with E-state index in [4.69, 9.17) is 16.3 Å².